The summed E-state index contributed by atoms with van der Waals surface area (Å²) in [5.74, 6) is -3.49. The molecule has 0 aliphatic heterocycles. The van der Waals surface area contributed by atoms with E-state index in [1.807, 2.05) is 0 Å². The first-order valence-electron chi connectivity index (χ1n) is 7.38. The SMILES string of the molecule is CC(C)[C@H](NC(=O)CN)C(=O)OC(=O)[C@@H](NC(=O)CN)C(C)C. The molecule has 0 saturated carbocycles. The fraction of sp³-hybridized carbons (Fsp3) is 0.714. The fourth-order valence-electron chi connectivity index (χ4n) is 1.69. The molecule has 0 heterocycles. The van der Waals surface area contributed by atoms with Crippen molar-refractivity contribution in [2.24, 2.45) is 23.3 Å². The van der Waals surface area contributed by atoms with Crippen LogP contribution in [0.5, 0.6) is 0 Å². The molecule has 0 aliphatic carbocycles. The van der Waals surface area contributed by atoms with E-state index in [0.717, 1.165) is 0 Å². The Morgan fingerprint density at radius 1 is 0.783 bits per heavy atom. The lowest BCUT2D eigenvalue weighted by molar-refractivity contribution is -0.165. The van der Waals surface area contributed by atoms with Crippen LogP contribution in [-0.4, -0.2) is 48.9 Å². The molecule has 0 saturated heterocycles. The number of ether oxygens (including phenoxy) is 1. The Kier molecular flexibility index (Phi) is 9.04. The van der Waals surface area contributed by atoms with Gasteiger partial charge in [0, 0.05) is 0 Å². The van der Waals surface area contributed by atoms with Crippen molar-refractivity contribution >= 4 is 23.8 Å². The van der Waals surface area contributed by atoms with Gasteiger partial charge in [-0.15, -0.1) is 0 Å². The number of esters is 2. The van der Waals surface area contributed by atoms with Crippen LogP contribution in [0.25, 0.3) is 0 Å². The zero-order valence-corrected chi connectivity index (χ0v) is 13.9. The minimum atomic E-state index is -1.01. The van der Waals surface area contributed by atoms with E-state index in [9.17, 15) is 19.2 Å². The van der Waals surface area contributed by atoms with E-state index < -0.39 is 35.8 Å². The summed E-state index contributed by atoms with van der Waals surface area (Å²) in [6, 6.07) is -2.01. The predicted octanol–water partition coefficient (Wildman–Crippen LogP) is -1.74. The molecule has 2 amide bonds. The van der Waals surface area contributed by atoms with Crippen LogP contribution in [0.2, 0.25) is 0 Å². The van der Waals surface area contributed by atoms with Gasteiger partial charge in [0.25, 0.3) is 0 Å². The second-order valence-corrected chi connectivity index (χ2v) is 5.73. The Bertz CT molecular complexity index is 410. The lowest BCUT2D eigenvalue weighted by atomic mass is 10.0. The normalized spacial score (nSPS) is 13.4. The van der Waals surface area contributed by atoms with E-state index in [2.05, 4.69) is 10.6 Å². The van der Waals surface area contributed by atoms with Crippen molar-refractivity contribution in [2.45, 2.75) is 39.8 Å². The van der Waals surface area contributed by atoms with Crippen molar-refractivity contribution in [1.82, 2.24) is 10.6 Å². The molecule has 6 N–H and O–H groups in total. The molecule has 0 aromatic heterocycles. The van der Waals surface area contributed by atoms with Crippen molar-refractivity contribution in [3.8, 4) is 0 Å². The molecule has 132 valence electrons. The average Bonchev–Trinajstić information content (AvgIpc) is 2.48. The highest BCUT2D eigenvalue weighted by molar-refractivity contribution is 5.95. The van der Waals surface area contributed by atoms with Crippen LogP contribution in [-0.2, 0) is 23.9 Å². The van der Waals surface area contributed by atoms with Crippen LogP contribution in [0.4, 0.5) is 0 Å². The van der Waals surface area contributed by atoms with Gasteiger partial charge in [0.15, 0.2) is 0 Å². The molecule has 0 fully saturated rings. The molecule has 0 aromatic carbocycles. The first-order chi connectivity index (χ1) is 10.6. The maximum Gasteiger partial charge on any atom is 0.336 e. The van der Waals surface area contributed by atoms with Gasteiger partial charge in [0.05, 0.1) is 13.1 Å². The summed E-state index contributed by atoms with van der Waals surface area (Å²) in [4.78, 5) is 46.9. The molecule has 0 aromatic rings. The highest BCUT2D eigenvalue weighted by Crippen LogP contribution is 2.08. The van der Waals surface area contributed by atoms with Crippen molar-refractivity contribution in [3.05, 3.63) is 0 Å². The highest BCUT2D eigenvalue weighted by atomic mass is 16.6. The summed E-state index contributed by atoms with van der Waals surface area (Å²) in [5, 5.41) is 4.79. The maximum absolute atomic E-state index is 12.1. The monoisotopic (exact) mass is 330 g/mol. The smallest absolute Gasteiger partial charge is 0.336 e. The van der Waals surface area contributed by atoms with E-state index >= 15 is 0 Å². The maximum atomic E-state index is 12.1. The van der Waals surface area contributed by atoms with E-state index in [0.29, 0.717) is 0 Å². The number of nitrogens with two attached hydrogens (primary N) is 2. The zero-order valence-electron chi connectivity index (χ0n) is 13.9. The number of rotatable bonds is 8. The molecule has 0 spiro atoms. The minimum absolute atomic E-state index is 0.286. The van der Waals surface area contributed by atoms with Crippen molar-refractivity contribution in [1.29, 1.82) is 0 Å². The largest absolute Gasteiger partial charge is 0.390 e. The lowest BCUT2D eigenvalue weighted by Gasteiger charge is -2.23. The summed E-state index contributed by atoms with van der Waals surface area (Å²) in [5.41, 5.74) is 10.4. The summed E-state index contributed by atoms with van der Waals surface area (Å²) in [7, 11) is 0. The van der Waals surface area contributed by atoms with Gasteiger partial charge >= 0.3 is 11.9 Å². The van der Waals surface area contributed by atoms with Crippen LogP contribution in [0.3, 0.4) is 0 Å². The molecule has 0 aliphatic rings. The Balaban J connectivity index is 4.96. The van der Waals surface area contributed by atoms with Crippen LogP contribution in [0.15, 0.2) is 0 Å². The first-order valence-corrected chi connectivity index (χ1v) is 7.38. The molecule has 9 nitrogen and oxygen atoms in total. The summed E-state index contributed by atoms with van der Waals surface area (Å²) in [6.45, 7) is 6.16. The molecule has 0 unspecified atom stereocenters. The van der Waals surface area contributed by atoms with Crippen LogP contribution in [0, 0.1) is 11.8 Å². The number of hydrogen-bond acceptors (Lipinski definition) is 7. The van der Waals surface area contributed by atoms with Crippen molar-refractivity contribution in [3.63, 3.8) is 0 Å². The molecule has 2 atom stereocenters. The Hall–Kier alpha value is -2.00. The molecule has 0 radical (unpaired) electrons. The lowest BCUT2D eigenvalue weighted by Crippen LogP contribution is -2.51. The van der Waals surface area contributed by atoms with Crippen LogP contribution < -0.4 is 22.1 Å². The summed E-state index contributed by atoms with van der Waals surface area (Å²) >= 11 is 0. The Morgan fingerprint density at radius 2 is 1.09 bits per heavy atom. The summed E-state index contributed by atoms with van der Waals surface area (Å²) < 4.78 is 4.80. The van der Waals surface area contributed by atoms with E-state index in [1.165, 1.54) is 0 Å². The van der Waals surface area contributed by atoms with Gasteiger partial charge in [0.2, 0.25) is 11.8 Å². The molecular weight excluding hydrogens is 304 g/mol. The van der Waals surface area contributed by atoms with E-state index in [4.69, 9.17) is 16.2 Å². The zero-order chi connectivity index (χ0) is 18.2. The first kappa shape index (κ1) is 21.0. The Labute approximate surface area is 135 Å². The number of carbonyl (C=O) groups is 4. The van der Waals surface area contributed by atoms with E-state index in [1.54, 1.807) is 27.7 Å². The third-order valence-electron chi connectivity index (χ3n) is 3.05. The second-order valence-electron chi connectivity index (χ2n) is 5.73. The van der Waals surface area contributed by atoms with Crippen molar-refractivity contribution in [2.75, 3.05) is 13.1 Å². The fourth-order valence-corrected chi connectivity index (χ4v) is 1.69. The number of hydrogen-bond donors (Lipinski definition) is 4. The topological polar surface area (TPSA) is 154 Å². The third-order valence-corrected chi connectivity index (χ3v) is 3.05. The molecule has 23 heavy (non-hydrogen) atoms. The number of carbonyl (C=O) groups excluding carboxylic acids is 4. The highest BCUT2D eigenvalue weighted by Gasteiger charge is 2.32. The summed E-state index contributed by atoms with van der Waals surface area (Å²) in [6.07, 6.45) is 0. The number of nitrogens with one attached hydrogen (secondary N) is 2. The van der Waals surface area contributed by atoms with Crippen LogP contribution >= 0.6 is 0 Å². The van der Waals surface area contributed by atoms with Gasteiger partial charge in [-0.2, -0.15) is 0 Å². The molecule has 0 bridgehead atoms. The predicted molar refractivity (Wildman–Crippen MR) is 82.7 cm³/mol. The minimum Gasteiger partial charge on any atom is -0.390 e. The van der Waals surface area contributed by atoms with Gasteiger partial charge in [-0.05, 0) is 11.8 Å². The Morgan fingerprint density at radius 3 is 1.30 bits per heavy atom. The van der Waals surface area contributed by atoms with Crippen molar-refractivity contribution < 1.29 is 23.9 Å². The molecule has 0 rings (SSSR count). The van der Waals surface area contributed by atoms with Gasteiger partial charge in [-0.3, -0.25) is 9.59 Å². The molecule has 9 heteroatoms. The quantitative estimate of drug-likeness (QED) is 0.304. The number of amides is 2. The molecular formula is C14H26N4O5. The van der Waals surface area contributed by atoms with Crippen LogP contribution in [0.1, 0.15) is 27.7 Å². The second kappa shape index (κ2) is 9.90. The van der Waals surface area contributed by atoms with Gasteiger partial charge in [0.1, 0.15) is 12.1 Å². The van der Waals surface area contributed by atoms with Gasteiger partial charge < -0.3 is 26.8 Å². The van der Waals surface area contributed by atoms with Gasteiger partial charge in [-0.1, -0.05) is 27.7 Å². The van der Waals surface area contributed by atoms with E-state index in [-0.39, 0.29) is 24.9 Å². The standard InChI is InChI=1S/C14H26N4O5/c1-7(2)11(17-9(19)5-15)13(21)23-14(22)12(8(3)4)18-10(20)6-16/h7-8,11-12H,5-6,15-16H2,1-4H3,(H,17,19)(H,18,20)/t11-,12-/m0/s1. The average molecular weight is 330 g/mol. The third kappa shape index (κ3) is 7.20. The van der Waals surface area contributed by atoms with Gasteiger partial charge in [-0.25, -0.2) is 9.59 Å².